The number of anilines is 3. The van der Waals surface area contributed by atoms with Gasteiger partial charge in [0, 0.05) is 37.3 Å². The standard InChI is InChI=1S/C49H63N17O19P2S2/c1-22(2)31(58-28(67)8-4-3-5-16-64-29(68)13-14-30(64)69)41(72)57-25(7-6-15-53-48(52)75)40(71)56-24-11-9-23(10-12-24)17-79-49(76)59-32-36-26(82-44(32)65-20-54-33-38(65)60-46(50)62-42(33)73)18-80-87(78,89)85-37-27(19-81-86(77,88)84-36)83-45(35(37)70)66-21-55-34-39(66)61-47(51)63-43(34)74/h9-14,20-22,25-27,31-32,35-37,44-45,70H,3-8,15-19H2,1-2H3,(H,56,71)(H,57,72)(H,58,67)(H,59,76)(H,77,88)(H,78,89)(H3,52,53,75)(H3,50,60,62,73)(H3,51,61,63,74)/t25-,26+,27+,31-,32?,35?,36?,37?,44+,45+,86?,87?/m0/s1. The summed E-state index contributed by atoms with van der Waals surface area (Å²) in [7, 11) is 0. The molecule has 12 atom stereocenters. The van der Waals surface area contributed by atoms with Crippen LogP contribution < -0.4 is 54.9 Å². The number of imidazole rings is 2. The Morgan fingerprint density at radius 2 is 1.44 bits per heavy atom. The summed E-state index contributed by atoms with van der Waals surface area (Å²) >= 11 is 9.62. The molecule has 0 aliphatic carbocycles. The Morgan fingerprint density at radius 3 is 2.07 bits per heavy atom. The van der Waals surface area contributed by atoms with E-state index in [0.29, 0.717) is 24.8 Å². The van der Waals surface area contributed by atoms with Gasteiger partial charge >= 0.3 is 25.6 Å². The lowest BCUT2D eigenvalue weighted by Crippen LogP contribution is -2.54. The van der Waals surface area contributed by atoms with Gasteiger partial charge in [-0.2, -0.15) is 9.97 Å². The van der Waals surface area contributed by atoms with Crippen molar-refractivity contribution in [1.29, 1.82) is 0 Å². The number of thiol groups is 1. The first kappa shape index (κ1) is 65.7. The number of benzene rings is 1. The SMILES string of the molecule is CC(C)[C@H](NC(=O)CCCCCN1C(=O)C=CC1=O)C(=O)N[C@@H](CCCNC(N)=O)C(=O)Nc1ccc(COC(=O)NC2C3OP(=O)(S)OC[C@H]4O[C@@H](n5cnc6c(=O)[nH]c(N)nc65)C(O)C4OP(O)(=S)OC[C@H]3O[C@H]2n2cnc3c(=O)[nH]c(N)nc32)cc1. The Morgan fingerprint density at radius 1 is 0.831 bits per heavy atom. The van der Waals surface area contributed by atoms with E-state index >= 15 is 0 Å². The van der Waals surface area contributed by atoms with Gasteiger partial charge < -0.3 is 72.5 Å². The van der Waals surface area contributed by atoms with Gasteiger partial charge in [-0.05, 0) is 61.1 Å². The lowest BCUT2D eigenvalue weighted by Gasteiger charge is -2.30. The fourth-order valence-electron chi connectivity index (χ4n) is 10.0. The van der Waals surface area contributed by atoms with Gasteiger partial charge in [0.2, 0.25) is 29.6 Å². The van der Waals surface area contributed by atoms with Gasteiger partial charge in [-0.1, -0.05) is 44.6 Å². The maximum atomic E-state index is 14.3. The number of ether oxygens (including phenoxy) is 3. The van der Waals surface area contributed by atoms with Gasteiger partial charge in [-0.15, -0.1) is 0 Å². The van der Waals surface area contributed by atoms with Gasteiger partial charge in [-0.3, -0.25) is 71.1 Å². The highest BCUT2D eigenvalue weighted by Crippen LogP contribution is 2.58. The van der Waals surface area contributed by atoms with E-state index in [-0.39, 0.29) is 72.3 Å². The van der Waals surface area contributed by atoms with Crippen molar-refractivity contribution in [1.82, 2.24) is 65.2 Å². The summed E-state index contributed by atoms with van der Waals surface area (Å²) in [5.41, 5.74) is 15.5. The Balaban J connectivity index is 0.860. The smallest absolute Gasteiger partial charge is 0.407 e. The number of imide groups is 1. The molecule has 8 amide bonds. The van der Waals surface area contributed by atoms with Crippen LogP contribution in [-0.4, -0.2) is 171 Å². The van der Waals surface area contributed by atoms with Crippen LogP contribution in [0.5, 0.6) is 0 Å². The van der Waals surface area contributed by atoms with E-state index in [0.717, 1.165) is 17.6 Å². The topological polar surface area (TPSA) is 510 Å². The first-order valence-electron chi connectivity index (χ1n) is 27.5. The molecule has 480 valence electrons. The number of aromatic amines is 2. The summed E-state index contributed by atoms with van der Waals surface area (Å²) in [5.74, 6) is -3.55. The third kappa shape index (κ3) is 16.0. The highest BCUT2D eigenvalue weighted by atomic mass is 32.7. The maximum absolute atomic E-state index is 14.3. The largest absolute Gasteiger partial charge is 0.445 e. The minimum atomic E-state index is -4.66. The van der Waals surface area contributed by atoms with E-state index in [4.69, 9.17) is 61.3 Å². The zero-order valence-corrected chi connectivity index (χ0v) is 50.7. The van der Waals surface area contributed by atoms with E-state index in [1.807, 2.05) is 0 Å². The molecular formula is C49H63N17O19P2S2. The van der Waals surface area contributed by atoms with Crippen molar-refractivity contribution in [3.05, 3.63) is 75.3 Å². The molecule has 4 aromatic heterocycles. The molecule has 0 radical (unpaired) electrons. The zero-order chi connectivity index (χ0) is 64.1. The number of primary amides is 1. The van der Waals surface area contributed by atoms with Crippen LogP contribution in [0, 0.1) is 5.92 Å². The van der Waals surface area contributed by atoms with E-state index in [9.17, 15) is 57.7 Å². The number of nitrogens with zero attached hydrogens (tertiary/aromatic N) is 7. The summed E-state index contributed by atoms with van der Waals surface area (Å²) < 4.78 is 58.1. The predicted octanol–water partition coefficient (Wildman–Crippen LogP) is -0.562. The van der Waals surface area contributed by atoms with Gasteiger partial charge in [0.25, 0.3) is 22.9 Å². The monoisotopic (exact) mass is 1320 g/mol. The number of urea groups is 1. The number of nitrogens with one attached hydrogen (secondary N) is 7. The highest BCUT2D eigenvalue weighted by Gasteiger charge is 2.54. The number of carbonyl (C=O) groups is 7. The Kier molecular flexibility index (Phi) is 20.6. The van der Waals surface area contributed by atoms with Gasteiger partial charge in [0.15, 0.2) is 34.8 Å². The number of alkyl carbamates (subject to hydrolysis) is 1. The number of nitrogens with two attached hydrogens (primary N) is 3. The second-order valence-corrected chi connectivity index (χ2v) is 26.7. The summed E-state index contributed by atoms with van der Waals surface area (Å²) in [6.45, 7) is -7.28. The fourth-order valence-corrected chi connectivity index (χ4v) is 13.0. The van der Waals surface area contributed by atoms with Crippen LogP contribution in [0.15, 0.2) is 58.7 Å². The molecule has 3 saturated heterocycles. The summed E-state index contributed by atoms with van der Waals surface area (Å²) in [4.78, 5) is 149. The van der Waals surface area contributed by atoms with Gasteiger partial charge in [0.1, 0.15) is 55.3 Å². The Hall–Kier alpha value is -7.74. The minimum absolute atomic E-state index is 0.0274. The first-order chi connectivity index (χ1) is 42.2. The van der Waals surface area contributed by atoms with Crippen LogP contribution in [0.25, 0.3) is 22.3 Å². The number of amides is 8. The van der Waals surface area contributed by atoms with Crippen LogP contribution in [0.3, 0.4) is 0 Å². The molecule has 4 aliphatic heterocycles. The molecule has 0 spiro atoms. The molecule has 1 aromatic carbocycles. The van der Waals surface area contributed by atoms with Crippen molar-refractivity contribution >= 4 is 119 Å². The molecule has 6 unspecified atom stereocenters. The molecule has 3 fully saturated rings. The van der Waals surface area contributed by atoms with Crippen molar-refractivity contribution < 1.29 is 80.4 Å². The summed E-state index contributed by atoms with van der Waals surface area (Å²) in [5, 5.41) is 24.8. The number of fused-ring (bicyclic) bond motifs is 4. The summed E-state index contributed by atoms with van der Waals surface area (Å²) in [6.07, 6.45) is -5.49. The average molecular weight is 1320 g/mol. The first-order valence-corrected chi connectivity index (χ1v) is 32.8. The summed E-state index contributed by atoms with van der Waals surface area (Å²) in [6, 6.07) is 1.46. The van der Waals surface area contributed by atoms with Crippen molar-refractivity contribution in [2.45, 2.75) is 120 Å². The molecule has 0 bridgehead atoms. The number of H-pyrrole nitrogens is 2. The molecule has 8 heterocycles. The molecule has 15 N–H and O–H groups in total. The van der Waals surface area contributed by atoms with Crippen molar-refractivity contribution in [2.24, 2.45) is 11.7 Å². The van der Waals surface area contributed by atoms with E-state index in [2.05, 4.69) is 68.7 Å². The number of aromatic nitrogens is 8. The number of carbonyl (C=O) groups excluding carboxylic acids is 7. The van der Waals surface area contributed by atoms with Crippen LogP contribution in [0.4, 0.5) is 27.2 Å². The molecular weight excluding hydrogens is 1260 g/mol. The molecule has 40 heteroatoms. The predicted molar refractivity (Wildman–Crippen MR) is 316 cm³/mol. The van der Waals surface area contributed by atoms with Gasteiger partial charge in [-0.25, -0.2) is 24.1 Å². The lowest BCUT2D eigenvalue weighted by molar-refractivity contribution is -0.137. The number of nitrogen functional groups attached to an aromatic ring is 2. The third-order valence-corrected chi connectivity index (χ3v) is 17.5. The highest BCUT2D eigenvalue weighted by molar-refractivity contribution is 8.44. The Bertz CT molecular complexity index is 3760. The number of aliphatic hydroxyl groups is 1. The number of unbranched alkanes of at least 4 members (excludes halogenated alkanes) is 2. The van der Waals surface area contributed by atoms with Crippen molar-refractivity contribution in [3.63, 3.8) is 0 Å². The fraction of sp³-hybridized carbons (Fsp3) is 0.490. The Labute approximate surface area is 513 Å². The third-order valence-electron chi connectivity index (χ3n) is 14.3. The zero-order valence-electron chi connectivity index (χ0n) is 47.2. The maximum Gasteiger partial charge on any atom is 0.407 e. The second kappa shape index (κ2) is 28.0. The molecule has 4 aliphatic rings. The minimum Gasteiger partial charge on any atom is -0.445 e. The molecule has 0 saturated carbocycles. The van der Waals surface area contributed by atoms with Crippen molar-refractivity contribution in [3.8, 4) is 0 Å². The van der Waals surface area contributed by atoms with Gasteiger partial charge in [0.05, 0.1) is 25.9 Å². The number of rotatable bonds is 21. The molecule has 9 rings (SSSR count). The van der Waals surface area contributed by atoms with E-state index < -0.39 is 153 Å². The lowest BCUT2D eigenvalue weighted by atomic mass is 10.0. The number of hydrogen-bond donors (Lipinski definition) is 13. The van der Waals surface area contributed by atoms with Crippen LogP contribution in [-0.2, 0) is 79.3 Å². The number of aliphatic hydroxyl groups excluding tert-OH is 1. The van der Waals surface area contributed by atoms with E-state index in [1.165, 1.54) is 45.6 Å². The molecule has 5 aromatic rings. The van der Waals surface area contributed by atoms with Crippen LogP contribution >= 0.6 is 25.8 Å². The average Bonchev–Trinajstić information content (AvgIpc) is 1.90. The normalized spacial score (nSPS) is 26.0. The molecule has 89 heavy (non-hydrogen) atoms. The quantitative estimate of drug-likeness (QED) is 0.0189. The van der Waals surface area contributed by atoms with E-state index in [1.54, 1.807) is 13.8 Å². The van der Waals surface area contributed by atoms with Crippen LogP contribution in [0.2, 0.25) is 0 Å². The van der Waals surface area contributed by atoms with Crippen LogP contribution in [0.1, 0.15) is 70.4 Å². The second-order valence-electron chi connectivity index (χ2n) is 21.0. The number of hydrogen-bond acceptors (Lipinski definition) is 25. The van der Waals surface area contributed by atoms with Crippen molar-refractivity contribution in [2.75, 3.05) is 43.1 Å². The molecule has 36 nitrogen and oxygen atoms in total.